The van der Waals surface area contributed by atoms with Crippen LogP contribution in [0.4, 0.5) is 11.6 Å². The Kier molecular flexibility index (Phi) is 7.19. The zero-order valence-corrected chi connectivity index (χ0v) is 22.2. The molecule has 2 fully saturated rings. The maximum absolute atomic E-state index is 13.0. The first kappa shape index (κ1) is 25.3. The van der Waals surface area contributed by atoms with Crippen molar-refractivity contribution in [3.63, 3.8) is 0 Å². The van der Waals surface area contributed by atoms with E-state index in [1.54, 1.807) is 43.1 Å². The number of nitrogens with zero attached hydrogens (tertiary/aromatic N) is 5. The number of amides is 1. The van der Waals surface area contributed by atoms with E-state index in [0.29, 0.717) is 40.2 Å². The van der Waals surface area contributed by atoms with Crippen molar-refractivity contribution in [2.24, 2.45) is 7.05 Å². The largest absolute Gasteiger partial charge is 0.495 e. The molecule has 0 atom stereocenters. The van der Waals surface area contributed by atoms with Gasteiger partial charge in [-0.25, -0.2) is 9.78 Å². The molecule has 2 aromatic heterocycles. The molecule has 0 spiro atoms. The second-order valence-corrected chi connectivity index (χ2v) is 10.5. The maximum Gasteiger partial charge on any atom is 0.330 e. The summed E-state index contributed by atoms with van der Waals surface area (Å²) in [5, 5.41) is 6.40. The number of hydrogen-bond acceptors (Lipinski definition) is 7. The van der Waals surface area contributed by atoms with Crippen LogP contribution >= 0.6 is 0 Å². The van der Waals surface area contributed by atoms with Gasteiger partial charge in [0.15, 0.2) is 5.65 Å². The summed E-state index contributed by atoms with van der Waals surface area (Å²) >= 11 is 0. The summed E-state index contributed by atoms with van der Waals surface area (Å²) in [5.74, 6) is 0.799. The van der Waals surface area contributed by atoms with Crippen LogP contribution < -0.4 is 21.1 Å². The molecule has 2 aliphatic rings. The molecule has 2 aliphatic carbocycles. The highest BCUT2D eigenvalue weighted by molar-refractivity contribution is 5.95. The predicted octanol–water partition coefficient (Wildman–Crippen LogP) is 3.60. The lowest BCUT2D eigenvalue weighted by Crippen LogP contribution is -2.41. The fourth-order valence-corrected chi connectivity index (χ4v) is 5.75. The number of carbonyl (C=O) groups is 1. The lowest BCUT2D eigenvalue weighted by Gasteiger charge is -2.33. The number of nitrogens with one attached hydrogen (secondary N) is 2. The minimum atomic E-state index is -0.0966. The molecule has 0 bridgehead atoms. The summed E-state index contributed by atoms with van der Waals surface area (Å²) in [6.07, 6.45) is 10.0. The van der Waals surface area contributed by atoms with Crippen LogP contribution in [0, 0.1) is 0 Å². The highest BCUT2D eigenvalue weighted by Gasteiger charge is 2.25. The zero-order chi connectivity index (χ0) is 26.1. The molecule has 10 nitrogen and oxygen atoms in total. The molecule has 1 aromatic carbocycles. The van der Waals surface area contributed by atoms with Gasteiger partial charge in [-0.3, -0.25) is 13.9 Å². The molecule has 10 heteroatoms. The molecule has 0 saturated heterocycles. The Hall–Kier alpha value is -3.40. The van der Waals surface area contributed by atoms with E-state index >= 15 is 0 Å². The van der Waals surface area contributed by atoms with E-state index in [9.17, 15) is 9.59 Å². The zero-order valence-electron chi connectivity index (χ0n) is 22.2. The highest BCUT2D eigenvalue weighted by atomic mass is 16.5. The number of rotatable bonds is 7. The third-order valence-corrected chi connectivity index (χ3v) is 7.99. The number of hydrogen-bond donors (Lipinski definition) is 2. The second-order valence-electron chi connectivity index (χ2n) is 10.5. The topological polar surface area (TPSA) is 106 Å². The molecule has 3 aromatic rings. The molecule has 2 saturated carbocycles. The Morgan fingerprint density at radius 1 is 1.11 bits per heavy atom. The Labute approximate surface area is 217 Å². The molecular weight excluding hydrogens is 470 g/mol. The number of ether oxygens (including phenoxy) is 1. The van der Waals surface area contributed by atoms with E-state index in [4.69, 9.17) is 9.72 Å². The number of fused-ring (bicyclic) bond motifs is 1. The number of anilines is 2. The van der Waals surface area contributed by atoms with Gasteiger partial charge in [0.1, 0.15) is 11.3 Å². The van der Waals surface area contributed by atoms with E-state index in [-0.39, 0.29) is 23.7 Å². The van der Waals surface area contributed by atoms with Crippen molar-refractivity contribution in [3.05, 3.63) is 40.4 Å². The van der Waals surface area contributed by atoms with E-state index < -0.39 is 0 Å². The van der Waals surface area contributed by atoms with E-state index in [1.165, 1.54) is 0 Å². The number of carbonyl (C=O) groups excluding carboxylic acids is 1. The summed E-state index contributed by atoms with van der Waals surface area (Å²) < 4.78 is 9.01. The minimum absolute atomic E-state index is 0.0588. The van der Waals surface area contributed by atoms with Gasteiger partial charge < -0.3 is 20.3 Å². The molecule has 2 heterocycles. The fraction of sp³-hybridized carbons (Fsp3) is 0.556. The van der Waals surface area contributed by atoms with Crippen molar-refractivity contribution >= 4 is 28.7 Å². The Balaban J connectivity index is 1.33. The van der Waals surface area contributed by atoms with Gasteiger partial charge in [0.2, 0.25) is 5.95 Å². The molecule has 0 unspecified atom stereocenters. The van der Waals surface area contributed by atoms with Crippen LogP contribution in [0.3, 0.4) is 0 Å². The maximum atomic E-state index is 13.0. The van der Waals surface area contributed by atoms with Gasteiger partial charge in [-0.05, 0) is 70.8 Å². The first-order valence-electron chi connectivity index (χ1n) is 13.2. The van der Waals surface area contributed by atoms with Crippen LogP contribution in [0.1, 0.15) is 67.8 Å². The van der Waals surface area contributed by atoms with Gasteiger partial charge in [0.25, 0.3) is 5.91 Å². The average molecular weight is 508 g/mol. The Bertz CT molecular complexity index is 1330. The molecule has 198 valence electrons. The average Bonchev–Trinajstić information content (AvgIpc) is 3.51. The summed E-state index contributed by atoms with van der Waals surface area (Å²) in [6.45, 7) is 0. The van der Waals surface area contributed by atoms with Crippen molar-refractivity contribution in [3.8, 4) is 5.75 Å². The van der Waals surface area contributed by atoms with Crippen LogP contribution in [0.15, 0.2) is 29.2 Å². The first-order chi connectivity index (χ1) is 17.9. The third-order valence-electron chi connectivity index (χ3n) is 7.99. The van der Waals surface area contributed by atoms with Crippen LogP contribution in [0.5, 0.6) is 5.75 Å². The molecular formula is C27H37N7O3. The lowest BCUT2D eigenvalue weighted by atomic mass is 9.90. The molecule has 1 amide bonds. The van der Waals surface area contributed by atoms with E-state index in [0.717, 1.165) is 51.4 Å². The SMILES string of the molecule is COc1cc(C(=O)NC2CCC(N(C)C)CC2)ccc1Nc1ncc2c(n1)n(C1CCCC1)c(=O)n2C. The molecule has 5 rings (SSSR count). The van der Waals surface area contributed by atoms with Crippen molar-refractivity contribution in [1.29, 1.82) is 0 Å². The molecule has 37 heavy (non-hydrogen) atoms. The van der Waals surface area contributed by atoms with Crippen molar-refractivity contribution < 1.29 is 9.53 Å². The number of aromatic nitrogens is 4. The Morgan fingerprint density at radius 2 is 1.84 bits per heavy atom. The van der Waals surface area contributed by atoms with Gasteiger partial charge in [-0.15, -0.1) is 0 Å². The van der Waals surface area contributed by atoms with Gasteiger partial charge in [-0.1, -0.05) is 12.8 Å². The number of aryl methyl sites for hydroxylation is 1. The smallest absolute Gasteiger partial charge is 0.330 e. The van der Waals surface area contributed by atoms with Crippen LogP contribution in [-0.4, -0.2) is 63.2 Å². The van der Waals surface area contributed by atoms with Crippen molar-refractivity contribution in [2.75, 3.05) is 26.5 Å². The van der Waals surface area contributed by atoms with Gasteiger partial charge in [0, 0.05) is 30.7 Å². The van der Waals surface area contributed by atoms with E-state index in [2.05, 4.69) is 34.6 Å². The lowest BCUT2D eigenvalue weighted by molar-refractivity contribution is 0.0916. The normalized spacial score (nSPS) is 20.5. The first-order valence-corrected chi connectivity index (χ1v) is 13.2. The number of benzene rings is 1. The van der Waals surface area contributed by atoms with Gasteiger partial charge >= 0.3 is 5.69 Å². The van der Waals surface area contributed by atoms with Gasteiger partial charge in [-0.2, -0.15) is 4.98 Å². The van der Waals surface area contributed by atoms with Crippen LogP contribution in [0.2, 0.25) is 0 Å². The standard InChI is InChI=1S/C27H37N7O3/c1-32(2)19-12-10-18(11-13-19)29-25(35)17-9-14-21(23(15-17)37-4)30-26-28-16-22-24(31-26)34(27(36)33(22)3)20-7-5-6-8-20/h9,14-16,18-20H,5-8,10-13H2,1-4H3,(H,29,35)(H,28,30,31). The summed E-state index contributed by atoms with van der Waals surface area (Å²) in [6, 6.07) is 6.27. The minimum Gasteiger partial charge on any atom is -0.495 e. The fourth-order valence-electron chi connectivity index (χ4n) is 5.75. The number of methoxy groups -OCH3 is 1. The molecule has 0 aliphatic heterocycles. The summed E-state index contributed by atoms with van der Waals surface area (Å²) in [4.78, 5) is 37.3. The quantitative estimate of drug-likeness (QED) is 0.503. The number of imidazole rings is 1. The van der Waals surface area contributed by atoms with Gasteiger partial charge in [0.05, 0.1) is 19.0 Å². The third kappa shape index (κ3) is 5.07. The van der Waals surface area contributed by atoms with Crippen molar-refractivity contribution in [1.82, 2.24) is 29.3 Å². The monoisotopic (exact) mass is 507 g/mol. The summed E-state index contributed by atoms with van der Waals surface area (Å²) in [5.41, 5.74) is 2.48. The van der Waals surface area contributed by atoms with Crippen LogP contribution in [-0.2, 0) is 7.05 Å². The second kappa shape index (κ2) is 10.5. The Morgan fingerprint density at radius 3 is 2.51 bits per heavy atom. The molecule has 0 radical (unpaired) electrons. The van der Waals surface area contributed by atoms with Crippen molar-refractivity contribution in [2.45, 2.75) is 69.5 Å². The van der Waals surface area contributed by atoms with Crippen LogP contribution in [0.25, 0.3) is 11.2 Å². The van der Waals surface area contributed by atoms with E-state index in [1.807, 2.05) is 4.57 Å². The molecule has 2 N–H and O–H groups in total. The predicted molar refractivity (Wildman–Crippen MR) is 144 cm³/mol. The highest BCUT2D eigenvalue weighted by Crippen LogP contribution is 2.32. The summed E-state index contributed by atoms with van der Waals surface area (Å²) in [7, 11) is 7.56.